The highest BCUT2D eigenvalue weighted by Crippen LogP contribution is 2.60. The number of hydrogen-bond donors (Lipinski definition) is 0. The Labute approximate surface area is 83.1 Å². The van der Waals surface area contributed by atoms with Crippen molar-refractivity contribution in [2.45, 2.75) is 52.9 Å². The molecule has 13 heavy (non-hydrogen) atoms. The molecule has 0 heterocycles. The van der Waals surface area contributed by atoms with Gasteiger partial charge in [-0.3, -0.25) is 0 Å². The highest BCUT2D eigenvalue weighted by molar-refractivity contribution is 5.01. The van der Waals surface area contributed by atoms with E-state index < -0.39 is 0 Å². The van der Waals surface area contributed by atoms with Crippen LogP contribution in [-0.2, 0) is 0 Å². The van der Waals surface area contributed by atoms with Crippen molar-refractivity contribution in [2.24, 2.45) is 29.6 Å². The van der Waals surface area contributed by atoms with E-state index in [0.29, 0.717) is 0 Å². The minimum Gasteiger partial charge on any atom is -0.0654 e. The molecule has 0 nitrogen and oxygen atoms in total. The summed E-state index contributed by atoms with van der Waals surface area (Å²) in [5.74, 6) is 5.45. The van der Waals surface area contributed by atoms with Gasteiger partial charge in [-0.05, 0) is 42.4 Å². The molecule has 0 amide bonds. The van der Waals surface area contributed by atoms with Crippen LogP contribution in [0.15, 0.2) is 0 Å². The standard InChI is InChI=1S/C13H24/c1-4-5-10-6-7-11-12(8-10)13(11)9(2)3/h9-13H,4-8H2,1-3H3. The Morgan fingerprint density at radius 2 is 1.92 bits per heavy atom. The Morgan fingerprint density at radius 1 is 1.15 bits per heavy atom. The van der Waals surface area contributed by atoms with Crippen molar-refractivity contribution >= 4 is 0 Å². The quantitative estimate of drug-likeness (QED) is 0.613. The summed E-state index contributed by atoms with van der Waals surface area (Å²) < 4.78 is 0. The molecule has 0 aliphatic heterocycles. The SMILES string of the molecule is CCCC1CCC2C(C1)C2C(C)C. The van der Waals surface area contributed by atoms with Gasteiger partial charge in [0.05, 0.1) is 0 Å². The van der Waals surface area contributed by atoms with Crippen molar-refractivity contribution in [1.29, 1.82) is 0 Å². The molecule has 2 aliphatic carbocycles. The summed E-state index contributed by atoms with van der Waals surface area (Å²) in [6.45, 7) is 7.16. The molecule has 4 unspecified atom stereocenters. The smallest absolute Gasteiger partial charge is 0.0329 e. The third kappa shape index (κ3) is 1.78. The van der Waals surface area contributed by atoms with Gasteiger partial charge in [0, 0.05) is 0 Å². The lowest BCUT2D eigenvalue weighted by molar-refractivity contribution is 0.322. The molecule has 0 N–H and O–H groups in total. The molecule has 0 heteroatoms. The van der Waals surface area contributed by atoms with Crippen molar-refractivity contribution in [1.82, 2.24) is 0 Å². The fraction of sp³-hybridized carbons (Fsp3) is 1.00. The van der Waals surface area contributed by atoms with Gasteiger partial charge in [-0.25, -0.2) is 0 Å². The second kappa shape index (κ2) is 3.63. The summed E-state index contributed by atoms with van der Waals surface area (Å²) in [5, 5.41) is 0. The first-order valence-corrected chi connectivity index (χ1v) is 6.24. The molecule has 0 saturated heterocycles. The zero-order valence-electron chi connectivity index (χ0n) is 9.42. The normalized spacial score (nSPS) is 43.4. The number of fused-ring (bicyclic) bond motifs is 1. The molecule has 2 rings (SSSR count). The van der Waals surface area contributed by atoms with E-state index in [1.807, 2.05) is 0 Å². The summed E-state index contributed by atoms with van der Waals surface area (Å²) in [6, 6.07) is 0. The zero-order valence-corrected chi connectivity index (χ0v) is 9.42. The van der Waals surface area contributed by atoms with E-state index >= 15 is 0 Å². The maximum Gasteiger partial charge on any atom is -0.0329 e. The minimum absolute atomic E-state index is 0.954. The second-order valence-electron chi connectivity index (χ2n) is 5.62. The average Bonchev–Trinajstić information content (AvgIpc) is 2.77. The van der Waals surface area contributed by atoms with Crippen LogP contribution in [0, 0.1) is 29.6 Å². The third-order valence-electron chi connectivity index (χ3n) is 4.38. The fourth-order valence-electron chi connectivity index (χ4n) is 3.80. The maximum atomic E-state index is 2.41. The van der Waals surface area contributed by atoms with Crippen LogP contribution < -0.4 is 0 Å². The predicted molar refractivity (Wildman–Crippen MR) is 57.6 cm³/mol. The molecule has 0 bridgehead atoms. The van der Waals surface area contributed by atoms with Gasteiger partial charge in [-0.1, -0.05) is 40.0 Å². The van der Waals surface area contributed by atoms with Gasteiger partial charge in [0.15, 0.2) is 0 Å². The summed E-state index contributed by atoms with van der Waals surface area (Å²) in [7, 11) is 0. The minimum atomic E-state index is 0.954. The molecule has 2 fully saturated rings. The molecule has 0 aromatic heterocycles. The Balaban J connectivity index is 1.83. The second-order valence-corrected chi connectivity index (χ2v) is 5.62. The van der Waals surface area contributed by atoms with Crippen LogP contribution in [0.2, 0.25) is 0 Å². The van der Waals surface area contributed by atoms with E-state index in [-0.39, 0.29) is 0 Å². The van der Waals surface area contributed by atoms with Gasteiger partial charge < -0.3 is 0 Å². The van der Waals surface area contributed by atoms with Gasteiger partial charge in [0.2, 0.25) is 0 Å². The fourth-order valence-corrected chi connectivity index (χ4v) is 3.80. The Bertz CT molecular complexity index is 171. The maximum absolute atomic E-state index is 2.41. The Kier molecular flexibility index (Phi) is 2.67. The van der Waals surface area contributed by atoms with Crippen molar-refractivity contribution in [3.8, 4) is 0 Å². The van der Waals surface area contributed by atoms with Gasteiger partial charge in [-0.2, -0.15) is 0 Å². The molecule has 4 atom stereocenters. The molecule has 0 spiro atoms. The van der Waals surface area contributed by atoms with Gasteiger partial charge >= 0.3 is 0 Å². The van der Waals surface area contributed by atoms with Crippen LogP contribution in [-0.4, -0.2) is 0 Å². The largest absolute Gasteiger partial charge is 0.0654 e. The van der Waals surface area contributed by atoms with E-state index in [1.54, 1.807) is 12.8 Å². The molecule has 0 aromatic carbocycles. The third-order valence-corrected chi connectivity index (χ3v) is 4.38. The zero-order chi connectivity index (χ0) is 9.42. The Hall–Kier alpha value is 0. The summed E-state index contributed by atoms with van der Waals surface area (Å²) in [6.07, 6.45) is 7.56. The predicted octanol–water partition coefficient (Wildman–Crippen LogP) is 4.10. The summed E-state index contributed by atoms with van der Waals surface area (Å²) in [5.41, 5.74) is 0. The molecular weight excluding hydrogens is 156 g/mol. The number of hydrogen-bond acceptors (Lipinski definition) is 0. The average molecular weight is 180 g/mol. The summed E-state index contributed by atoms with van der Waals surface area (Å²) in [4.78, 5) is 0. The van der Waals surface area contributed by atoms with Gasteiger partial charge in [0.1, 0.15) is 0 Å². The van der Waals surface area contributed by atoms with Crippen molar-refractivity contribution in [3.05, 3.63) is 0 Å². The summed E-state index contributed by atoms with van der Waals surface area (Å²) >= 11 is 0. The first kappa shape index (κ1) is 9.55. The van der Waals surface area contributed by atoms with Gasteiger partial charge in [0.25, 0.3) is 0 Å². The molecule has 0 radical (unpaired) electrons. The van der Waals surface area contributed by atoms with E-state index in [2.05, 4.69) is 20.8 Å². The van der Waals surface area contributed by atoms with Crippen LogP contribution >= 0.6 is 0 Å². The molecule has 0 aromatic rings. The lowest BCUT2D eigenvalue weighted by atomic mass is 9.86. The lowest BCUT2D eigenvalue weighted by Crippen LogP contribution is -2.07. The monoisotopic (exact) mass is 180 g/mol. The molecule has 2 aliphatic rings. The van der Waals surface area contributed by atoms with Crippen LogP contribution in [0.3, 0.4) is 0 Å². The van der Waals surface area contributed by atoms with Crippen LogP contribution in [0.1, 0.15) is 52.9 Å². The lowest BCUT2D eigenvalue weighted by Gasteiger charge is -2.19. The van der Waals surface area contributed by atoms with E-state index in [4.69, 9.17) is 0 Å². The van der Waals surface area contributed by atoms with Crippen molar-refractivity contribution < 1.29 is 0 Å². The van der Waals surface area contributed by atoms with E-state index in [9.17, 15) is 0 Å². The first-order valence-electron chi connectivity index (χ1n) is 6.24. The van der Waals surface area contributed by atoms with Crippen LogP contribution in [0.25, 0.3) is 0 Å². The van der Waals surface area contributed by atoms with Gasteiger partial charge in [-0.15, -0.1) is 0 Å². The first-order chi connectivity index (χ1) is 6.24. The van der Waals surface area contributed by atoms with Crippen molar-refractivity contribution in [2.75, 3.05) is 0 Å². The van der Waals surface area contributed by atoms with Crippen LogP contribution in [0.4, 0.5) is 0 Å². The Morgan fingerprint density at radius 3 is 2.54 bits per heavy atom. The molecular formula is C13H24. The highest BCUT2D eigenvalue weighted by atomic mass is 14.6. The topological polar surface area (TPSA) is 0 Å². The molecule has 2 saturated carbocycles. The van der Waals surface area contributed by atoms with E-state index in [1.165, 1.54) is 19.3 Å². The van der Waals surface area contributed by atoms with E-state index in [0.717, 1.165) is 29.6 Å². The van der Waals surface area contributed by atoms with Crippen LogP contribution in [0.5, 0.6) is 0 Å². The number of rotatable bonds is 3. The van der Waals surface area contributed by atoms with Crippen molar-refractivity contribution in [3.63, 3.8) is 0 Å². The molecule has 76 valence electrons. The highest BCUT2D eigenvalue weighted by Gasteiger charge is 2.53.